The molecule has 5 rings (SSSR count). The number of guanidine groups is 1. The van der Waals surface area contributed by atoms with E-state index in [-0.39, 0.29) is 34.7 Å². The number of rotatable bonds is 4. The number of likely N-dealkylation sites (tertiary alicyclic amines) is 1. The van der Waals surface area contributed by atoms with Crippen LogP contribution in [0.5, 0.6) is 0 Å². The summed E-state index contributed by atoms with van der Waals surface area (Å²) in [6.45, 7) is 11.9. The van der Waals surface area contributed by atoms with Crippen molar-refractivity contribution in [2.45, 2.75) is 90.9 Å². The second kappa shape index (κ2) is 14.1. The van der Waals surface area contributed by atoms with Crippen LogP contribution in [-0.2, 0) is 25.5 Å². The number of alkyl carbamates (subject to hydrolysis) is 1. The largest absolute Gasteiger partial charge is 0.478 e. The molecule has 268 valence electrons. The summed E-state index contributed by atoms with van der Waals surface area (Å²) in [4.78, 5) is 72.0. The van der Waals surface area contributed by atoms with Crippen molar-refractivity contribution in [1.29, 1.82) is 0 Å². The number of anilines is 1. The van der Waals surface area contributed by atoms with Gasteiger partial charge in [-0.3, -0.25) is 14.9 Å². The Hall–Kier alpha value is -4.94. The van der Waals surface area contributed by atoms with Gasteiger partial charge in [0.15, 0.2) is 0 Å². The van der Waals surface area contributed by atoms with Crippen LogP contribution in [0.1, 0.15) is 94.8 Å². The lowest BCUT2D eigenvalue weighted by Gasteiger charge is -2.53. The monoisotopic (exact) mass is 689 g/mol. The minimum Gasteiger partial charge on any atom is -0.478 e. The Bertz CT molecular complexity index is 1660. The van der Waals surface area contributed by atoms with Gasteiger partial charge in [0, 0.05) is 31.2 Å². The van der Waals surface area contributed by atoms with Gasteiger partial charge in [-0.15, -0.1) is 4.99 Å². The van der Waals surface area contributed by atoms with Gasteiger partial charge < -0.3 is 29.7 Å². The molecule has 1 spiro atoms. The molecule has 1 atom stereocenters. The number of nitrogens with zero attached hydrogens (tertiary/aromatic N) is 3. The summed E-state index contributed by atoms with van der Waals surface area (Å²) in [5.41, 5.74) is 0.754. The third-order valence-electron chi connectivity index (χ3n) is 9.25. The molecule has 1 aliphatic carbocycles. The fourth-order valence-corrected chi connectivity index (χ4v) is 6.93. The van der Waals surface area contributed by atoms with Crippen LogP contribution in [0.15, 0.2) is 53.5 Å². The molecule has 13 nitrogen and oxygen atoms in total. The number of aliphatic imine (C=N–C) groups is 1. The number of carboxylic acids is 1. The molecule has 2 heterocycles. The summed E-state index contributed by atoms with van der Waals surface area (Å²) in [6.07, 6.45) is 1.86. The van der Waals surface area contributed by atoms with Crippen LogP contribution in [0.3, 0.4) is 0 Å². The normalized spacial score (nSPS) is 19.2. The molecule has 0 radical (unpaired) electrons. The third-order valence-corrected chi connectivity index (χ3v) is 9.25. The number of ether oxygens (including phenoxy) is 2. The van der Waals surface area contributed by atoms with Crippen molar-refractivity contribution < 1.29 is 38.6 Å². The number of carbonyl (C=O) groups excluding carboxylic acids is 4. The van der Waals surface area contributed by atoms with Crippen LogP contribution in [-0.4, -0.2) is 81.7 Å². The quantitative estimate of drug-likeness (QED) is 0.267. The van der Waals surface area contributed by atoms with E-state index >= 15 is 0 Å². The fourth-order valence-electron chi connectivity index (χ4n) is 6.93. The molecule has 50 heavy (non-hydrogen) atoms. The molecule has 1 unspecified atom stereocenters. The van der Waals surface area contributed by atoms with Crippen molar-refractivity contribution in [3.8, 4) is 0 Å². The first-order valence-corrected chi connectivity index (χ1v) is 17.0. The van der Waals surface area contributed by atoms with Gasteiger partial charge >= 0.3 is 18.2 Å². The van der Waals surface area contributed by atoms with E-state index in [0.717, 1.165) is 24.0 Å². The van der Waals surface area contributed by atoms with Gasteiger partial charge in [-0.05, 0) is 114 Å². The van der Waals surface area contributed by atoms with Crippen molar-refractivity contribution in [2.75, 3.05) is 25.0 Å². The Morgan fingerprint density at radius 3 is 2.08 bits per heavy atom. The van der Waals surface area contributed by atoms with E-state index in [0.29, 0.717) is 44.6 Å². The van der Waals surface area contributed by atoms with Gasteiger partial charge in [0.1, 0.15) is 17.2 Å². The highest BCUT2D eigenvalue weighted by atomic mass is 16.6. The van der Waals surface area contributed by atoms with Gasteiger partial charge in [0.05, 0.1) is 5.56 Å². The number of carboxylic acid groups (broad SMARTS) is 1. The molecular weight excluding hydrogens is 642 g/mol. The standard InChI is InChI=1S/C37H47N5O8/c1-35(2,3)49-33(47)39-32(40-34(48)50-36(4,5)6)41-19-16-37(17-20-41)21-25(22-37)30(44)42-18-15-23-9-7-8-10-27(23)28(42)29(43)38-26-13-11-24(12-14-26)31(45)46/h7-14,25,28H,15-22H2,1-6H3,(H,38,43)(H,45,46)(H,39,40,47,48). The molecule has 0 bridgehead atoms. The maximum absolute atomic E-state index is 14.1. The zero-order valence-electron chi connectivity index (χ0n) is 29.6. The Morgan fingerprint density at radius 1 is 0.860 bits per heavy atom. The maximum Gasteiger partial charge on any atom is 0.437 e. The summed E-state index contributed by atoms with van der Waals surface area (Å²) >= 11 is 0. The molecule has 1 saturated heterocycles. The SMILES string of the molecule is CC(C)(C)OC(=O)N=C(NC(=O)OC(C)(C)C)N1CCC2(CC1)CC(C(=O)N1CCc3ccccc3C1C(=O)Nc1ccc(C(=O)O)cc1)C2. The minimum atomic E-state index is -1.06. The van der Waals surface area contributed by atoms with Crippen LogP contribution in [0.25, 0.3) is 0 Å². The second-order valence-corrected chi connectivity index (χ2v) is 15.4. The Morgan fingerprint density at radius 2 is 1.48 bits per heavy atom. The van der Waals surface area contributed by atoms with E-state index in [9.17, 15) is 29.1 Å². The molecule has 2 aromatic rings. The molecule has 0 aromatic heterocycles. The van der Waals surface area contributed by atoms with E-state index < -0.39 is 35.4 Å². The van der Waals surface area contributed by atoms with Crippen molar-refractivity contribution in [3.63, 3.8) is 0 Å². The van der Waals surface area contributed by atoms with Gasteiger partial charge in [-0.1, -0.05) is 24.3 Å². The molecule has 3 N–H and O–H groups in total. The first-order chi connectivity index (χ1) is 23.4. The fraction of sp³-hybridized carbons (Fsp3) is 0.514. The number of fused-ring (bicyclic) bond motifs is 1. The lowest BCUT2D eigenvalue weighted by atomic mass is 9.57. The molecule has 13 heteroatoms. The summed E-state index contributed by atoms with van der Waals surface area (Å²) in [6, 6.07) is 12.7. The van der Waals surface area contributed by atoms with Gasteiger partial charge in [0.25, 0.3) is 5.91 Å². The number of benzene rings is 2. The van der Waals surface area contributed by atoms with Crippen molar-refractivity contribution in [3.05, 3.63) is 65.2 Å². The van der Waals surface area contributed by atoms with E-state index in [1.165, 1.54) is 24.3 Å². The predicted molar refractivity (Wildman–Crippen MR) is 186 cm³/mol. The number of aromatic carboxylic acids is 1. The molecule has 2 aliphatic heterocycles. The average molecular weight is 690 g/mol. The van der Waals surface area contributed by atoms with Crippen LogP contribution in [0.4, 0.5) is 15.3 Å². The first kappa shape index (κ1) is 36.3. The van der Waals surface area contributed by atoms with Crippen LogP contribution in [0, 0.1) is 11.3 Å². The maximum atomic E-state index is 14.1. The minimum absolute atomic E-state index is 0.0623. The van der Waals surface area contributed by atoms with Crippen LogP contribution >= 0.6 is 0 Å². The van der Waals surface area contributed by atoms with E-state index in [1.54, 1.807) is 46.4 Å². The van der Waals surface area contributed by atoms with Gasteiger partial charge in [0.2, 0.25) is 11.9 Å². The van der Waals surface area contributed by atoms with E-state index in [4.69, 9.17) is 9.47 Å². The van der Waals surface area contributed by atoms with E-state index in [2.05, 4.69) is 15.6 Å². The highest BCUT2D eigenvalue weighted by Gasteiger charge is 2.51. The van der Waals surface area contributed by atoms with Crippen molar-refractivity contribution in [1.82, 2.24) is 15.1 Å². The lowest BCUT2D eigenvalue weighted by Crippen LogP contribution is -2.56. The van der Waals surface area contributed by atoms with Crippen LogP contribution in [0.2, 0.25) is 0 Å². The summed E-state index contributed by atoms with van der Waals surface area (Å²) in [7, 11) is 0. The lowest BCUT2D eigenvalue weighted by molar-refractivity contribution is -0.151. The molecule has 2 aromatic carbocycles. The molecule has 3 aliphatic rings. The highest BCUT2D eigenvalue weighted by Crippen LogP contribution is 2.53. The molecule has 4 amide bonds. The highest BCUT2D eigenvalue weighted by molar-refractivity contribution is 6.00. The Labute approximate surface area is 292 Å². The number of amides is 4. The average Bonchev–Trinajstić information content (AvgIpc) is 3.01. The zero-order valence-corrected chi connectivity index (χ0v) is 29.6. The molecular formula is C37H47N5O8. The zero-order chi connectivity index (χ0) is 36.4. The number of carbonyl (C=O) groups is 5. The topological polar surface area (TPSA) is 167 Å². The van der Waals surface area contributed by atoms with Crippen LogP contribution < -0.4 is 10.6 Å². The van der Waals surface area contributed by atoms with Crippen molar-refractivity contribution >= 4 is 41.6 Å². The van der Waals surface area contributed by atoms with Gasteiger partial charge in [-0.25, -0.2) is 14.4 Å². The smallest absolute Gasteiger partial charge is 0.437 e. The Kier molecular flexibility index (Phi) is 10.3. The van der Waals surface area contributed by atoms with Crippen molar-refractivity contribution in [2.24, 2.45) is 16.3 Å². The number of hydrogen-bond acceptors (Lipinski definition) is 7. The number of hydrogen-bond donors (Lipinski definition) is 3. The molecule has 1 saturated carbocycles. The summed E-state index contributed by atoms with van der Waals surface area (Å²) < 4.78 is 10.8. The molecule has 2 fully saturated rings. The third kappa shape index (κ3) is 8.80. The summed E-state index contributed by atoms with van der Waals surface area (Å²) in [5.74, 6) is -1.66. The summed E-state index contributed by atoms with van der Waals surface area (Å²) in [5, 5.41) is 14.8. The second-order valence-electron chi connectivity index (χ2n) is 15.4. The van der Waals surface area contributed by atoms with E-state index in [1.807, 2.05) is 29.2 Å². The number of nitrogens with one attached hydrogen (secondary N) is 2. The Balaban J connectivity index is 1.25. The van der Waals surface area contributed by atoms with Gasteiger partial charge in [-0.2, -0.15) is 0 Å². The predicted octanol–water partition coefficient (Wildman–Crippen LogP) is 5.76. The number of piperidine rings is 1. The first-order valence-electron chi connectivity index (χ1n) is 17.0.